The molecule has 0 fully saturated rings. The molecule has 0 aliphatic carbocycles. The van der Waals surface area contributed by atoms with Crippen LogP contribution in [0.4, 0.5) is 0 Å². The van der Waals surface area contributed by atoms with Crippen molar-refractivity contribution in [2.24, 2.45) is 0 Å². The SMILES string of the molecule is O=C(O)c1ccc(S(=O)(=O)c2ccc3c(c2)C(=O)OC3=O)cc1C(=O)O. The third kappa shape index (κ3) is 2.62. The number of carboxylic acids is 2. The summed E-state index contributed by atoms with van der Waals surface area (Å²) in [6.07, 6.45) is 0. The van der Waals surface area contributed by atoms with Crippen molar-refractivity contribution in [2.75, 3.05) is 0 Å². The van der Waals surface area contributed by atoms with E-state index >= 15 is 0 Å². The fraction of sp³-hybridized carbons (Fsp3) is 0. The van der Waals surface area contributed by atoms with E-state index < -0.39 is 49.7 Å². The second-order valence-corrected chi connectivity index (χ2v) is 7.16. The molecule has 0 radical (unpaired) electrons. The summed E-state index contributed by atoms with van der Waals surface area (Å²) >= 11 is 0. The Morgan fingerprint density at radius 2 is 1.31 bits per heavy atom. The van der Waals surface area contributed by atoms with E-state index in [0.29, 0.717) is 0 Å². The smallest absolute Gasteiger partial charge is 0.346 e. The molecule has 0 amide bonds. The number of rotatable bonds is 4. The molecule has 0 atom stereocenters. The highest BCUT2D eigenvalue weighted by molar-refractivity contribution is 7.91. The molecule has 2 aromatic rings. The van der Waals surface area contributed by atoms with Gasteiger partial charge >= 0.3 is 23.9 Å². The highest BCUT2D eigenvalue weighted by Gasteiger charge is 2.32. The fourth-order valence-corrected chi connectivity index (χ4v) is 3.73. The van der Waals surface area contributed by atoms with Gasteiger partial charge in [0.05, 0.1) is 32.0 Å². The highest BCUT2D eigenvalue weighted by atomic mass is 32.2. The zero-order valence-corrected chi connectivity index (χ0v) is 13.4. The lowest BCUT2D eigenvalue weighted by atomic mass is 10.1. The maximum absolute atomic E-state index is 12.7. The Labute approximate surface area is 145 Å². The first kappa shape index (κ1) is 17.3. The Hall–Kier alpha value is -3.53. The van der Waals surface area contributed by atoms with Crippen LogP contribution in [0.5, 0.6) is 0 Å². The van der Waals surface area contributed by atoms with Crippen molar-refractivity contribution in [3.8, 4) is 0 Å². The third-order valence-electron chi connectivity index (χ3n) is 3.69. The third-order valence-corrected chi connectivity index (χ3v) is 5.44. The van der Waals surface area contributed by atoms with Gasteiger partial charge in [0.2, 0.25) is 9.84 Å². The predicted octanol–water partition coefficient (Wildman–Crippen LogP) is 1.23. The molecule has 10 heteroatoms. The van der Waals surface area contributed by atoms with E-state index in [-0.39, 0.29) is 16.0 Å². The van der Waals surface area contributed by atoms with Gasteiger partial charge in [0.25, 0.3) is 0 Å². The predicted molar refractivity (Wildman–Crippen MR) is 82.0 cm³/mol. The van der Waals surface area contributed by atoms with Crippen LogP contribution in [0.3, 0.4) is 0 Å². The molecule has 1 heterocycles. The number of sulfone groups is 1. The zero-order valence-electron chi connectivity index (χ0n) is 12.6. The number of aromatic carboxylic acids is 2. The Morgan fingerprint density at radius 3 is 1.92 bits per heavy atom. The number of hydrogen-bond acceptors (Lipinski definition) is 7. The second-order valence-electron chi connectivity index (χ2n) is 5.21. The van der Waals surface area contributed by atoms with Crippen molar-refractivity contribution in [3.63, 3.8) is 0 Å². The number of esters is 2. The van der Waals surface area contributed by atoms with Crippen LogP contribution in [-0.4, -0.2) is 42.5 Å². The molecule has 0 aromatic heterocycles. The molecular formula is C16H8O9S. The summed E-state index contributed by atoms with van der Waals surface area (Å²) in [6.45, 7) is 0. The summed E-state index contributed by atoms with van der Waals surface area (Å²) in [4.78, 5) is 44.4. The topological polar surface area (TPSA) is 152 Å². The second kappa shape index (κ2) is 5.77. The summed E-state index contributed by atoms with van der Waals surface area (Å²) < 4.78 is 29.8. The van der Waals surface area contributed by atoms with Gasteiger partial charge in [-0.2, -0.15) is 0 Å². The van der Waals surface area contributed by atoms with Gasteiger partial charge in [-0.25, -0.2) is 27.6 Å². The van der Waals surface area contributed by atoms with Gasteiger partial charge in [-0.05, 0) is 36.4 Å². The molecule has 0 saturated heterocycles. The van der Waals surface area contributed by atoms with E-state index in [2.05, 4.69) is 4.74 Å². The standard InChI is InChI=1S/C16H8O9S/c17-13(18)9-3-1-7(5-11(9)14(19)20)26(23,24)8-2-4-10-12(6-8)16(22)25-15(10)21/h1-6H,(H,17,18)(H,19,20). The van der Waals surface area contributed by atoms with Gasteiger partial charge < -0.3 is 14.9 Å². The van der Waals surface area contributed by atoms with E-state index in [1.807, 2.05) is 0 Å². The normalized spacial score (nSPS) is 13.2. The van der Waals surface area contributed by atoms with Crippen LogP contribution >= 0.6 is 0 Å². The van der Waals surface area contributed by atoms with Crippen LogP contribution in [0.15, 0.2) is 46.2 Å². The molecule has 2 aromatic carbocycles. The van der Waals surface area contributed by atoms with Gasteiger partial charge in [-0.15, -0.1) is 0 Å². The number of carboxylic acid groups (broad SMARTS) is 2. The average molecular weight is 376 g/mol. The van der Waals surface area contributed by atoms with Crippen LogP contribution in [0.25, 0.3) is 0 Å². The van der Waals surface area contributed by atoms with Crippen molar-refractivity contribution < 1.29 is 42.5 Å². The van der Waals surface area contributed by atoms with E-state index in [0.717, 1.165) is 36.4 Å². The maximum atomic E-state index is 12.7. The van der Waals surface area contributed by atoms with Gasteiger partial charge in [-0.3, -0.25) is 0 Å². The summed E-state index contributed by atoms with van der Waals surface area (Å²) in [5.41, 5.74) is -1.58. The number of fused-ring (bicyclic) bond motifs is 1. The first-order valence-electron chi connectivity index (χ1n) is 6.89. The molecule has 0 spiro atoms. The van der Waals surface area contributed by atoms with Gasteiger partial charge in [0, 0.05) is 0 Å². The number of carbonyl (C=O) groups excluding carboxylic acids is 2. The number of cyclic esters (lactones) is 2. The minimum Gasteiger partial charge on any atom is -0.478 e. The molecule has 2 N–H and O–H groups in total. The Morgan fingerprint density at radius 1 is 0.769 bits per heavy atom. The largest absolute Gasteiger partial charge is 0.478 e. The Balaban J connectivity index is 2.15. The molecule has 1 aliphatic rings. The molecule has 1 aliphatic heterocycles. The Bertz CT molecular complexity index is 1110. The average Bonchev–Trinajstić information content (AvgIpc) is 2.88. The summed E-state index contributed by atoms with van der Waals surface area (Å²) in [5.74, 6) is -5.02. The van der Waals surface area contributed by atoms with Crippen molar-refractivity contribution in [2.45, 2.75) is 9.79 Å². The van der Waals surface area contributed by atoms with Gasteiger partial charge in [0.1, 0.15) is 0 Å². The van der Waals surface area contributed by atoms with Crippen molar-refractivity contribution in [1.29, 1.82) is 0 Å². The lowest BCUT2D eigenvalue weighted by Crippen LogP contribution is -2.11. The van der Waals surface area contributed by atoms with Crippen LogP contribution in [-0.2, 0) is 14.6 Å². The molecule has 0 saturated carbocycles. The molecule has 0 bridgehead atoms. The lowest BCUT2D eigenvalue weighted by Gasteiger charge is -2.08. The van der Waals surface area contributed by atoms with Crippen molar-refractivity contribution in [1.82, 2.24) is 0 Å². The summed E-state index contributed by atoms with van der Waals surface area (Å²) in [5, 5.41) is 18.1. The fourth-order valence-electron chi connectivity index (χ4n) is 2.42. The maximum Gasteiger partial charge on any atom is 0.346 e. The highest BCUT2D eigenvalue weighted by Crippen LogP contribution is 2.28. The van der Waals surface area contributed by atoms with Gasteiger partial charge in [-0.1, -0.05) is 0 Å². The lowest BCUT2D eigenvalue weighted by molar-refractivity contribution is 0.0442. The quantitative estimate of drug-likeness (QED) is 0.592. The minimum absolute atomic E-state index is 0.0820. The first-order chi connectivity index (χ1) is 12.1. The number of carbonyl (C=O) groups is 4. The van der Waals surface area contributed by atoms with E-state index in [1.54, 1.807) is 0 Å². The molecule has 3 rings (SSSR count). The van der Waals surface area contributed by atoms with Crippen molar-refractivity contribution >= 4 is 33.7 Å². The first-order valence-corrected chi connectivity index (χ1v) is 8.37. The molecular weight excluding hydrogens is 368 g/mol. The number of ether oxygens (including phenoxy) is 1. The minimum atomic E-state index is -4.28. The number of hydrogen-bond donors (Lipinski definition) is 2. The van der Waals surface area contributed by atoms with Crippen LogP contribution < -0.4 is 0 Å². The number of benzene rings is 2. The van der Waals surface area contributed by atoms with E-state index in [1.165, 1.54) is 0 Å². The molecule has 9 nitrogen and oxygen atoms in total. The molecule has 26 heavy (non-hydrogen) atoms. The van der Waals surface area contributed by atoms with Crippen molar-refractivity contribution in [3.05, 3.63) is 58.7 Å². The molecule has 132 valence electrons. The van der Waals surface area contributed by atoms with Gasteiger partial charge in [0.15, 0.2) is 0 Å². The monoisotopic (exact) mass is 376 g/mol. The van der Waals surface area contributed by atoms with Crippen LogP contribution in [0.2, 0.25) is 0 Å². The van der Waals surface area contributed by atoms with E-state index in [4.69, 9.17) is 10.2 Å². The Kier molecular flexibility index (Phi) is 3.84. The van der Waals surface area contributed by atoms with E-state index in [9.17, 15) is 27.6 Å². The van der Waals surface area contributed by atoms with Crippen LogP contribution in [0.1, 0.15) is 41.4 Å². The van der Waals surface area contributed by atoms with Crippen LogP contribution in [0, 0.1) is 0 Å². The molecule has 0 unspecified atom stereocenters. The summed E-state index contributed by atoms with van der Waals surface area (Å²) in [6, 6.07) is 5.66. The summed E-state index contributed by atoms with van der Waals surface area (Å²) in [7, 11) is -4.28. The zero-order chi connectivity index (χ0) is 19.2.